The normalized spacial score (nSPS) is 12.8. The van der Waals surface area contributed by atoms with E-state index < -0.39 is 18.1 Å². The molecule has 5 nitrogen and oxygen atoms in total. The molecule has 0 fully saturated rings. The molecule has 0 amide bonds. The summed E-state index contributed by atoms with van der Waals surface area (Å²) in [6.45, 7) is 15.5. The minimum atomic E-state index is -0.440. The Morgan fingerprint density at radius 3 is 2.04 bits per heavy atom. The van der Waals surface area contributed by atoms with Crippen LogP contribution in [0, 0.1) is 30.3 Å². The van der Waals surface area contributed by atoms with Gasteiger partial charge in [-0.3, -0.25) is 4.57 Å². The van der Waals surface area contributed by atoms with Crippen LogP contribution < -0.4 is 9.30 Å². The van der Waals surface area contributed by atoms with Crippen LogP contribution in [0.3, 0.4) is 0 Å². The van der Waals surface area contributed by atoms with Gasteiger partial charge in [0.15, 0.2) is 0 Å². The molecule has 11 rings (SSSR count). The maximum atomic E-state index is 9.22. The molecule has 0 unspecified atom stereocenters. The summed E-state index contributed by atoms with van der Waals surface area (Å²) in [6.07, 6.45) is 7.33. The van der Waals surface area contributed by atoms with Gasteiger partial charge in [-0.25, -0.2) is 4.98 Å². The smallest absolute Gasteiger partial charge is 0.268 e. The first-order valence-corrected chi connectivity index (χ1v) is 24.5. The monoisotopic (exact) mass is 1120 g/mol. The Hall–Kier alpha value is -7.33. The number of ether oxygens (including phenoxy) is 1. The van der Waals surface area contributed by atoms with E-state index in [-0.39, 0.29) is 44.1 Å². The Labute approximate surface area is 445 Å². The summed E-state index contributed by atoms with van der Waals surface area (Å²) in [7, 11) is 0. The molecule has 0 N–H and O–H groups in total. The summed E-state index contributed by atoms with van der Waals surface area (Å²) in [5.74, 6) is 2.61. The molecule has 360 valence electrons. The van der Waals surface area contributed by atoms with Crippen molar-refractivity contribution < 1.29 is 37.2 Å². The van der Waals surface area contributed by atoms with Gasteiger partial charge in [0.05, 0.1) is 23.6 Å². The van der Waals surface area contributed by atoms with Crippen LogP contribution in [0.5, 0.6) is 11.5 Å². The van der Waals surface area contributed by atoms with Gasteiger partial charge in [-0.15, -0.1) is 29.7 Å². The van der Waals surface area contributed by atoms with Crippen molar-refractivity contribution in [2.75, 3.05) is 0 Å². The van der Waals surface area contributed by atoms with Crippen LogP contribution in [-0.2, 0) is 39.3 Å². The van der Waals surface area contributed by atoms with E-state index in [4.69, 9.17) is 13.8 Å². The van der Waals surface area contributed by atoms with E-state index in [1.54, 1.807) is 0 Å². The van der Waals surface area contributed by atoms with Gasteiger partial charge in [-0.05, 0) is 109 Å². The Morgan fingerprint density at radius 2 is 1.31 bits per heavy atom. The van der Waals surface area contributed by atoms with Crippen LogP contribution in [0.2, 0.25) is 0 Å². The van der Waals surface area contributed by atoms with E-state index in [9.17, 15) is 2.74 Å². The number of pyridine rings is 1. The number of benzene rings is 8. The van der Waals surface area contributed by atoms with Crippen molar-refractivity contribution in [1.82, 2.24) is 14.1 Å². The standard InChI is InChI=1S/C66H58N4O.Pt/c1-44(2)34-46-36-47(35-45(3)4)38-51(37-46)57-25-17-24-56(49-20-12-9-13-21-49)65(57)69-43-68(61-26-14-15-27-62(61)69)53-22-16-23-54(41-53)71-55-29-30-58-59-39-50(48-18-10-8-11-19-48)28-31-60(59)70(63(58)42-55)64-40-52(32-33-67-64)66(5,6)7;/h8-33,36-40,44-45H,34-35H2,1-7H3;/q-2;/i9D,12D,13D,20D,21D;. The first-order chi connectivity index (χ1) is 36.5. The van der Waals surface area contributed by atoms with E-state index >= 15 is 0 Å². The molecule has 0 radical (unpaired) electrons. The molecule has 11 aromatic rings. The van der Waals surface area contributed by atoms with Crippen LogP contribution in [0.1, 0.15) is 72.0 Å². The molecular weight excluding hydrogens is 1060 g/mol. The quantitative estimate of drug-likeness (QED) is 0.0903. The van der Waals surface area contributed by atoms with Gasteiger partial charge in [0, 0.05) is 44.3 Å². The zero-order valence-electron chi connectivity index (χ0n) is 46.6. The number of rotatable bonds is 12. The second-order valence-electron chi connectivity index (χ2n) is 20.4. The Morgan fingerprint density at radius 1 is 0.611 bits per heavy atom. The molecule has 0 aliphatic rings. The van der Waals surface area contributed by atoms with Gasteiger partial charge >= 0.3 is 0 Å². The van der Waals surface area contributed by atoms with E-state index in [0.717, 1.165) is 73.8 Å². The molecule has 0 spiro atoms. The molecule has 3 heterocycles. The summed E-state index contributed by atoms with van der Waals surface area (Å²) in [4.78, 5) is 4.92. The van der Waals surface area contributed by atoms with Crippen LogP contribution in [0.15, 0.2) is 188 Å². The Balaban J connectivity index is 0.00000672. The van der Waals surface area contributed by atoms with Crippen LogP contribution in [-0.4, -0.2) is 14.1 Å². The van der Waals surface area contributed by atoms with Crippen molar-refractivity contribution >= 4 is 32.8 Å². The average molecular weight is 1120 g/mol. The zero-order chi connectivity index (χ0) is 53.2. The predicted octanol–water partition coefficient (Wildman–Crippen LogP) is 16.3. The maximum absolute atomic E-state index is 9.22. The SMILES string of the molecule is [2H]c1c([2H])c([2H])c(-c2cccc(-c3cc(CC(C)C)cc(CC(C)C)c3)c2-[n+]2[c-]n(-c3[c-]c(Oc4[c-]c5c(cc4)c4cc(-c6ccccc6)ccc4n5-c4cc(C(C)(C)C)ccn4)ccc3)c3ccccc32)c([2H])c1[2H].[Pt]. The fourth-order valence-electron chi connectivity index (χ4n) is 9.89. The van der Waals surface area contributed by atoms with E-state index in [1.165, 1.54) is 16.7 Å². The van der Waals surface area contributed by atoms with Crippen molar-refractivity contribution in [3.05, 3.63) is 223 Å². The third kappa shape index (κ3) is 9.59. The minimum Gasteiger partial charge on any atom is -0.510 e. The number of nitrogens with zero attached hydrogens (tertiary/aromatic N) is 4. The molecule has 72 heavy (non-hydrogen) atoms. The molecule has 0 bridgehead atoms. The number of fused-ring (bicyclic) bond motifs is 4. The third-order valence-corrected chi connectivity index (χ3v) is 13.1. The number of imidazole rings is 1. The summed E-state index contributed by atoms with van der Waals surface area (Å²) >= 11 is 0. The van der Waals surface area contributed by atoms with Gasteiger partial charge in [0.25, 0.3) is 6.33 Å². The van der Waals surface area contributed by atoms with Gasteiger partial charge in [-0.1, -0.05) is 187 Å². The third-order valence-electron chi connectivity index (χ3n) is 13.1. The molecular formula is C66H58N4OPt-2. The van der Waals surface area contributed by atoms with Crippen LogP contribution >= 0.6 is 0 Å². The van der Waals surface area contributed by atoms with Crippen LogP contribution in [0.4, 0.5) is 0 Å². The van der Waals surface area contributed by atoms with Crippen molar-refractivity contribution in [2.24, 2.45) is 11.8 Å². The van der Waals surface area contributed by atoms with Gasteiger partial charge in [0.1, 0.15) is 5.82 Å². The van der Waals surface area contributed by atoms with Gasteiger partial charge in [0.2, 0.25) is 0 Å². The summed E-state index contributed by atoms with van der Waals surface area (Å²) < 4.78 is 57.2. The Kier molecular flexibility index (Phi) is 11.8. The molecule has 0 aliphatic heterocycles. The van der Waals surface area contributed by atoms with Crippen LogP contribution in [0.25, 0.3) is 83.4 Å². The second kappa shape index (κ2) is 20.1. The van der Waals surface area contributed by atoms with Gasteiger partial charge in [-0.2, -0.15) is 18.2 Å². The molecule has 3 aromatic heterocycles. The minimum absolute atomic E-state index is 0. The largest absolute Gasteiger partial charge is 0.510 e. The van der Waals surface area contributed by atoms with Gasteiger partial charge < -0.3 is 13.9 Å². The Bertz CT molecular complexity index is 3990. The number of hydrogen-bond donors (Lipinski definition) is 0. The fraction of sp³-hybridized carbons (Fsp3) is 0.182. The molecule has 0 saturated heterocycles. The van der Waals surface area contributed by atoms with E-state index in [2.05, 4.69) is 156 Å². The molecule has 0 aliphatic carbocycles. The summed E-state index contributed by atoms with van der Waals surface area (Å²) in [5.41, 5.74) is 12.9. The maximum Gasteiger partial charge on any atom is 0.268 e. The van der Waals surface area contributed by atoms with Crippen molar-refractivity contribution in [2.45, 2.75) is 66.7 Å². The second-order valence-corrected chi connectivity index (χ2v) is 20.4. The van der Waals surface area contributed by atoms with E-state index in [0.29, 0.717) is 40.3 Å². The van der Waals surface area contributed by atoms with Crippen molar-refractivity contribution in [1.29, 1.82) is 0 Å². The van der Waals surface area contributed by atoms with E-state index in [1.807, 2.05) is 82.1 Å². The summed E-state index contributed by atoms with van der Waals surface area (Å²) in [6, 6.07) is 57.0. The predicted molar refractivity (Wildman–Crippen MR) is 292 cm³/mol. The topological polar surface area (TPSA) is 35.9 Å². The first-order valence-electron chi connectivity index (χ1n) is 27.0. The van der Waals surface area contributed by atoms with Crippen molar-refractivity contribution in [3.8, 4) is 62.1 Å². The molecule has 0 atom stereocenters. The molecule has 0 saturated carbocycles. The van der Waals surface area contributed by atoms with Crippen molar-refractivity contribution in [3.63, 3.8) is 0 Å². The first kappa shape index (κ1) is 42.4. The molecule has 8 aromatic carbocycles. The number of aromatic nitrogens is 4. The zero-order valence-corrected chi connectivity index (χ0v) is 43.9. The molecule has 6 heteroatoms. The fourth-order valence-corrected chi connectivity index (χ4v) is 9.89. The summed E-state index contributed by atoms with van der Waals surface area (Å²) in [5, 5.41) is 2.10. The average Bonchev–Trinajstić information content (AvgIpc) is 4.02. The number of hydrogen-bond acceptors (Lipinski definition) is 2. The number of para-hydroxylation sites is 3.